The molecule has 0 fully saturated rings. The SMILES string of the molecule is C=CCc1cc(OC#N)ccc1OC#N. The summed E-state index contributed by atoms with van der Waals surface area (Å²) in [6, 6.07) is 4.77. The fourth-order valence-corrected chi connectivity index (χ4v) is 1.14. The lowest BCUT2D eigenvalue weighted by Crippen LogP contribution is -1.91. The van der Waals surface area contributed by atoms with Crippen LogP contribution in [0.25, 0.3) is 0 Å². The fraction of sp³-hybridized carbons (Fsp3) is 0.0909. The molecule has 15 heavy (non-hydrogen) atoms. The monoisotopic (exact) mass is 200 g/mol. The first-order valence-electron chi connectivity index (χ1n) is 4.17. The zero-order chi connectivity index (χ0) is 11.1. The standard InChI is InChI=1S/C11H8N2O2/c1-2-3-9-6-10(14-7-12)4-5-11(9)15-8-13/h2,4-6H,1,3H2. The number of nitriles is 2. The van der Waals surface area contributed by atoms with Gasteiger partial charge >= 0.3 is 0 Å². The molecule has 0 aromatic heterocycles. The van der Waals surface area contributed by atoms with Crippen LogP contribution in [-0.4, -0.2) is 0 Å². The van der Waals surface area contributed by atoms with Crippen molar-refractivity contribution in [3.05, 3.63) is 36.4 Å². The zero-order valence-corrected chi connectivity index (χ0v) is 7.93. The van der Waals surface area contributed by atoms with Gasteiger partial charge in [-0.2, -0.15) is 0 Å². The van der Waals surface area contributed by atoms with Crippen molar-refractivity contribution < 1.29 is 9.47 Å². The molecular weight excluding hydrogens is 192 g/mol. The third-order valence-electron chi connectivity index (χ3n) is 1.72. The molecule has 0 aliphatic rings. The topological polar surface area (TPSA) is 66.0 Å². The molecule has 1 aromatic rings. The highest BCUT2D eigenvalue weighted by molar-refractivity contribution is 5.42. The van der Waals surface area contributed by atoms with Gasteiger partial charge in [-0.15, -0.1) is 17.1 Å². The number of allylic oxidation sites excluding steroid dienone is 1. The molecule has 4 nitrogen and oxygen atoms in total. The van der Waals surface area contributed by atoms with Gasteiger partial charge in [-0.05, 0) is 24.6 Å². The Morgan fingerprint density at radius 3 is 2.60 bits per heavy atom. The van der Waals surface area contributed by atoms with E-state index in [-0.39, 0.29) is 0 Å². The van der Waals surface area contributed by atoms with E-state index < -0.39 is 0 Å². The first kappa shape index (κ1) is 10.6. The lowest BCUT2D eigenvalue weighted by Gasteiger charge is -2.05. The van der Waals surface area contributed by atoms with Crippen molar-refractivity contribution in [1.29, 1.82) is 10.5 Å². The van der Waals surface area contributed by atoms with Crippen LogP contribution in [0.2, 0.25) is 0 Å². The van der Waals surface area contributed by atoms with Gasteiger partial charge < -0.3 is 9.47 Å². The zero-order valence-electron chi connectivity index (χ0n) is 7.93. The van der Waals surface area contributed by atoms with Crippen LogP contribution >= 0.6 is 0 Å². The van der Waals surface area contributed by atoms with Crippen LogP contribution in [0, 0.1) is 23.0 Å². The minimum absolute atomic E-state index is 0.416. The average molecular weight is 200 g/mol. The van der Waals surface area contributed by atoms with Gasteiger partial charge in [-0.25, -0.2) is 0 Å². The van der Waals surface area contributed by atoms with Crippen LogP contribution in [0.4, 0.5) is 0 Å². The van der Waals surface area contributed by atoms with Crippen molar-refractivity contribution in [2.75, 3.05) is 0 Å². The fourth-order valence-electron chi connectivity index (χ4n) is 1.14. The minimum atomic E-state index is 0.416. The van der Waals surface area contributed by atoms with Gasteiger partial charge in [0.1, 0.15) is 11.5 Å². The number of ether oxygens (including phenoxy) is 2. The lowest BCUT2D eigenvalue weighted by atomic mass is 10.1. The molecule has 0 aliphatic carbocycles. The summed E-state index contributed by atoms with van der Waals surface area (Å²) in [7, 11) is 0. The molecule has 0 bridgehead atoms. The van der Waals surface area contributed by atoms with Gasteiger partial charge in [0.15, 0.2) is 0 Å². The van der Waals surface area contributed by atoms with E-state index in [1.807, 2.05) is 0 Å². The van der Waals surface area contributed by atoms with E-state index >= 15 is 0 Å². The summed E-state index contributed by atoms with van der Waals surface area (Å²) in [5, 5.41) is 16.7. The number of nitrogens with zero attached hydrogens (tertiary/aromatic N) is 2. The molecular formula is C11H8N2O2. The Kier molecular flexibility index (Phi) is 3.76. The molecule has 4 heteroatoms. The highest BCUT2D eigenvalue weighted by Crippen LogP contribution is 2.24. The van der Waals surface area contributed by atoms with Gasteiger partial charge in [-0.3, -0.25) is 0 Å². The maximum atomic E-state index is 8.40. The quantitative estimate of drug-likeness (QED) is 0.551. The predicted molar refractivity (Wildman–Crippen MR) is 52.8 cm³/mol. The van der Waals surface area contributed by atoms with Crippen LogP contribution in [0.15, 0.2) is 30.9 Å². The maximum absolute atomic E-state index is 8.40. The molecule has 0 unspecified atom stereocenters. The van der Waals surface area contributed by atoms with Crippen LogP contribution in [-0.2, 0) is 6.42 Å². The highest BCUT2D eigenvalue weighted by atomic mass is 16.5. The van der Waals surface area contributed by atoms with Crippen molar-refractivity contribution in [2.45, 2.75) is 6.42 Å². The number of hydrogen-bond donors (Lipinski definition) is 0. The molecule has 0 N–H and O–H groups in total. The van der Waals surface area contributed by atoms with Gasteiger partial charge in [0.05, 0.1) is 0 Å². The molecule has 0 radical (unpaired) electrons. The number of rotatable bonds is 4. The summed E-state index contributed by atoms with van der Waals surface area (Å²) < 4.78 is 9.40. The summed E-state index contributed by atoms with van der Waals surface area (Å²) in [6.07, 6.45) is 5.38. The number of benzene rings is 1. The van der Waals surface area contributed by atoms with E-state index in [1.165, 1.54) is 0 Å². The van der Waals surface area contributed by atoms with Crippen molar-refractivity contribution in [2.24, 2.45) is 0 Å². The summed E-state index contributed by atoms with van der Waals surface area (Å²) in [4.78, 5) is 0. The molecule has 0 atom stereocenters. The lowest BCUT2D eigenvalue weighted by molar-refractivity contribution is 0.488. The second kappa shape index (κ2) is 5.31. The molecule has 74 valence electrons. The Hall–Kier alpha value is -2.46. The second-order valence-corrected chi connectivity index (χ2v) is 2.65. The normalized spacial score (nSPS) is 8.40. The maximum Gasteiger partial charge on any atom is 0.292 e. The van der Waals surface area contributed by atoms with Crippen molar-refractivity contribution in [3.63, 3.8) is 0 Å². The average Bonchev–Trinajstić information content (AvgIpc) is 2.23. The van der Waals surface area contributed by atoms with E-state index in [0.717, 1.165) is 5.56 Å². The summed E-state index contributed by atoms with van der Waals surface area (Å²) in [5.74, 6) is 0.863. The van der Waals surface area contributed by atoms with Gasteiger partial charge in [0.2, 0.25) is 0 Å². The third kappa shape index (κ3) is 2.75. The van der Waals surface area contributed by atoms with Crippen LogP contribution < -0.4 is 9.47 Å². The molecule has 0 saturated heterocycles. The Balaban J connectivity index is 3.04. The molecule has 1 aromatic carbocycles. The van der Waals surface area contributed by atoms with Crippen LogP contribution in [0.5, 0.6) is 11.5 Å². The van der Waals surface area contributed by atoms with Crippen LogP contribution in [0.3, 0.4) is 0 Å². The van der Waals surface area contributed by atoms with Gasteiger partial charge in [-0.1, -0.05) is 6.08 Å². The summed E-state index contributed by atoms with van der Waals surface area (Å²) in [5.41, 5.74) is 0.749. The Morgan fingerprint density at radius 2 is 2.00 bits per heavy atom. The highest BCUT2D eigenvalue weighted by Gasteiger charge is 2.05. The third-order valence-corrected chi connectivity index (χ3v) is 1.72. The molecule has 1 rings (SSSR count). The van der Waals surface area contributed by atoms with E-state index in [1.54, 1.807) is 36.8 Å². The molecule has 0 heterocycles. The van der Waals surface area contributed by atoms with Crippen molar-refractivity contribution in [3.8, 4) is 24.0 Å². The predicted octanol–water partition coefficient (Wildman–Crippen LogP) is 2.13. The second-order valence-electron chi connectivity index (χ2n) is 2.65. The molecule has 0 spiro atoms. The summed E-state index contributed by atoms with van der Waals surface area (Å²) >= 11 is 0. The molecule has 0 amide bonds. The molecule has 0 aliphatic heterocycles. The van der Waals surface area contributed by atoms with E-state index in [9.17, 15) is 0 Å². The smallest absolute Gasteiger partial charge is 0.292 e. The van der Waals surface area contributed by atoms with E-state index in [0.29, 0.717) is 17.9 Å². The van der Waals surface area contributed by atoms with E-state index in [2.05, 4.69) is 11.3 Å². The Morgan fingerprint density at radius 1 is 1.27 bits per heavy atom. The molecule has 0 saturated carbocycles. The van der Waals surface area contributed by atoms with E-state index in [4.69, 9.17) is 15.3 Å². The van der Waals surface area contributed by atoms with Crippen molar-refractivity contribution >= 4 is 0 Å². The van der Waals surface area contributed by atoms with Gasteiger partial charge in [0.25, 0.3) is 12.5 Å². The first-order chi connectivity index (χ1) is 7.31. The Labute approximate surface area is 87.6 Å². The summed E-state index contributed by atoms with van der Waals surface area (Å²) in [6.45, 7) is 3.59. The van der Waals surface area contributed by atoms with Crippen LogP contribution in [0.1, 0.15) is 5.56 Å². The first-order valence-corrected chi connectivity index (χ1v) is 4.17. The van der Waals surface area contributed by atoms with Gasteiger partial charge in [0, 0.05) is 5.56 Å². The Bertz CT molecular complexity index is 441. The minimum Gasteiger partial charge on any atom is -0.388 e. The number of hydrogen-bond acceptors (Lipinski definition) is 4. The van der Waals surface area contributed by atoms with Crippen molar-refractivity contribution in [1.82, 2.24) is 0 Å². The largest absolute Gasteiger partial charge is 0.388 e.